The van der Waals surface area contributed by atoms with Gasteiger partial charge in [-0.05, 0) is 37.1 Å². The third-order valence-corrected chi connectivity index (χ3v) is 5.33. The molecule has 0 atom stereocenters. The van der Waals surface area contributed by atoms with Gasteiger partial charge in [-0.15, -0.1) is 0 Å². The summed E-state index contributed by atoms with van der Waals surface area (Å²) < 4.78 is 62.7. The summed E-state index contributed by atoms with van der Waals surface area (Å²) >= 11 is 0. The lowest BCUT2D eigenvalue weighted by Crippen LogP contribution is -2.27. The Hall–Kier alpha value is -1.93. The summed E-state index contributed by atoms with van der Waals surface area (Å²) in [5.74, 6) is -1.42. The highest BCUT2D eigenvalue weighted by Gasteiger charge is 2.29. The number of furan rings is 1. The van der Waals surface area contributed by atoms with Crippen LogP contribution in [0, 0.1) is 11.6 Å². The van der Waals surface area contributed by atoms with Crippen LogP contribution in [0.2, 0.25) is 0 Å². The van der Waals surface area contributed by atoms with Crippen LogP contribution < -0.4 is 4.74 Å². The molecule has 2 heterocycles. The second kappa shape index (κ2) is 6.29. The lowest BCUT2D eigenvalue weighted by atomic mass is 10.3. The minimum Gasteiger partial charge on any atom is -0.483 e. The fourth-order valence-electron chi connectivity index (χ4n) is 2.37. The van der Waals surface area contributed by atoms with Crippen LogP contribution in [-0.4, -0.2) is 25.8 Å². The van der Waals surface area contributed by atoms with Gasteiger partial charge in [-0.25, -0.2) is 17.2 Å². The first-order valence-electron chi connectivity index (χ1n) is 7.13. The molecule has 1 fully saturated rings. The summed E-state index contributed by atoms with van der Waals surface area (Å²) in [4.78, 5) is 0. The smallest absolute Gasteiger partial charge is 0.276 e. The zero-order valence-corrected chi connectivity index (χ0v) is 13.0. The summed E-state index contributed by atoms with van der Waals surface area (Å²) in [7, 11) is -3.63. The monoisotopic (exact) mass is 343 g/mol. The van der Waals surface area contributed by atoms with E-state index in [-0.39, 0.29) is 23.2 Å². The number of rotatable bonds is 5. The molecule has 0 unspecified atom stereocenters. The largest absolute Gasteiger partial charge is 0.483 e. The van der Waals surface area contributed by atoms with Crippen LogP contribution in [0.1, 0.15) is 18.6 Å². The molecule has 1 aromatic heterocycles. The summed E-state index contributed by atoms with van der Waals surface area (Å²) in [5, 5.41) is -0.155. The SMILES string of the molecule is O=S(=O)(c1ccc(COc2ccc(F)cc2F)o1)N1CCCC1. The fourth-order valence-corrected chi connectivity index (χ4v) is 3.82. The number of hydrogen-bond donors (Lipinski definition) is 0. The molecule has 0 N–H and O–H groups in total. The van der Waals surface area contributed by atoms with E-state index in [4.69, 9.17) is 9.15 Å². The van der Waals surface area contributed by atoms with Gasteiger partial charge in [0.25, 0.3) is 10.0 Å². The summed E-state index contributed by atoms with van der Waals surface area (Å²) in [6, 6.07) is 5.76. The number of hydrogen-bond acceptors (Lipinski definition) is 4. The average molecular weight is 343 g/mol. The van der Waals surface area contributed by atoms with E-state index in [9.17, 15) is 17.2 Å². The predicted molar refractivity (Wildman–Crippen MR) is 77.4 cm³/mol. The average Bonchev–Trinajstić information content (AvgIpc) is 3.18. The lowest BCUT2D eigenvalue weighted by Gasteiger charge is -2.12. The minimum absolute atomic E-state index is 0.133. The van der Waals surface area contributed by atoms with Gasteiger partial charge in [-0.3, -0.25) is 0 Å². The van der Waals surface area contributed by atoms with Crippen molar-refractivity contribution in [3.8, 4) is 5.75 Å². The maximum atomic E-state index is 13.5. The molecule has 5 nitrogen and oxygen atoms in total. The van der Waals surface area contributed by atoms with Gasteiger partial charge >= 0.3 is 0 Å². The van der Waals surface area contributed by atoms with Crippen LogP contribution >= 0.6 is 0 Å². The van der Waals surface area contributed by atoms with E-state index in [1.807, 2.05) is 0 Å². The van der Waals surface area contributed by atoms with Crippen molar-refractivity contribution in [2.45, 2.75) is 24.5 Å². The van der Waals surface area contributed by atoms with E-state index in [1.54, 1.807) is 0 Å². The number of ether oxygens (including phenoxy) is 1. The van der Waals surface area contributed by atoms with E-state index < -0.39 is 21.7 Å². The Bertz CT molecular complexity index is 798. The zero-order chi connectivity index (χ0) is 16.4. The van der Waals surface area contributed by atoms with Crippen molar-refractivity contribution in [2.75, 3.05) is 13.1 Å². The van der Waals surface area contributed by atoms with Crippen molar-refractivity contribution in [3.63, 3.8) is 0 Å². The molecule has 8 heteroatoms. The number of halogens is 2. The third kappa shape index (κ3) is 3.37. The van der Waals surface area contributed by atoms with E-state index in [2.05, 4.69) is 0 Å². The molecule has 0 amide bonds. The summed E-state index contributed by atoms with van der Waals surface area (Å²) in [5.41, 5.74) is 0. The maximum Gasteiger partial charge on any atom is 0.276 e. The number of sulfonamides is 1. The van der Waals surface area contributed by atoms with Crippen molar-refractivity contribution in [2.24, 2.45) is 0 Å². The minimum atomic E-state index is -3.63. The molecular weight excluding hydrogens is 328 g/mol. The normalized spacial score (nSPS) is 15.9. The van der Waals surface area contributed by atoms with Gasteiger partial charge in [0.05, 0.1) is 0 Å². The van der Waals surface area contributed by atoms with Gasteiger partial charge in [-0.1, -0.05) is 0 Å². The van der Waals surface area contributed by atoms with Crippen LogP contribution in [0.5, 0.6) is 5.75 Å². The molecule has 0 spiro atoms. The first kappa shape index (κ1) is 15.9. The molecule has 1 aromatic carbocycles. The van der Waals surface area contributed by atoms with Crippen LogP contribution in [-0.2, 0) is 16.6 Å². The Morgan fingerprint density at radius 1 is 1.13 bits per heavy atom. The highest BCUT2D eigenvalue weighted by atomic mass is 32.2. The molecule has 1 aliphatic rings. The molecule has 0 saturated carbocycles. The number of benzene rings is 1. The lowest BCUT2D eigenvalue weighted by molar-refractivity contribution is 0.246. The molecule has 1 aliphatic heterocycles. The van der Waals surface area contributed by atoms with Gasteiger partial charge in [0.1, 0.15) is 18.2 Å². The maximum absolute atomic E-state index is 13.5. The second-order valence-corrected chi connectivity index (χ2v) is 7.06. The molecule has 1 saturated heterocycles. The van der Waals surface area contributed by atoms with Gasteiger partial charge in [-0.2, -0.15) is 4.31 Å². The Morgan fingerprint density at radius 3 is 2.57 bits per heavy atom. The molecule has 124 valence electrons. The first-order chi connectivity index (χ1) is 11.0. The Kier molecular flexibility index (Phi) is 4.36. The molecule has 0 radical (unpaired) electrons. The Balaban J connectivity index is 1.70. The fraction of sp³-hybridized carbons (Fsp3) is 0.333. The van der Waals surface area contributed by atoms with Gasteiger partial charge in [0, 0.05) is 19.2 Å². The third-order valence-electron chi connectivity index (χ3n) is 3.56. The van der Waals surface area contributed by atoms with E-state index in [0.29, 0.717) is 19.2 Å². The quantitative estimate of drug-likeness (QED) is 0.837. The van der Waals surface area contributed by atoms with Crippen molar-refractivity contribution >= 4 is 10.0 Å². The highest BCUT2D eigenvalue weighted by molar-refractivity contribution is 7.89. The summed E-state index contributed by atoms with van der Waals surface area (Å²) in [6.45, 7) is 0.809. The molecule has 0 aliphatic carbocycles. The van der Waals surface area contributed by atoms with Crippen molar-refractivity contribution in [3.05, 3.63) is 47.7 Å². The summed E-state index contributed by atoms with van der Waals surface area (Å²) in [6.07, 6.45) is 1.67. The zero-order valence-electron chi connectivity index (χ0n) is 12.2. The van der Waals surface area contributed by atoms with Crippen LogP contribution in [0.15, 0.2) is 39.8 Å². The highest BCUT2D eigenvalue weighted by Crippen LogP contribution is 2.24. The van der Waals surface area contributed by atoms with Crippen LogP contribution in [0.25, 0.3) is 0 Å². The second-order valence-electron chi connectivity index (χ2n) is 5.20. The Morgan fingerprint density at radius 2 is 1.87 bits per heavy atom. The van der Waals surface area contributed by atoms with E-state index in [0.717, 1.165) is 25.0 Å². The molecule has 2 aromatic rings. The van der Waals surface area contributed by atoms with Crippen molar-refractivity contribution in [1.82, 2.24) is 4.31 Å². The molecular formula is C15H15F2NO4S. The van der Waals surface area contributed by atoms with E-state index >= 15 is 0 Å². The van der Waals surface area contributed by atoms with Crippen LogP contribution in [0.3, 0.4) is 0 Å². The first-order valence-corrected chi connectivity index (χ1v) is 8.57. The topological polar surface area (TPSA) is 59.8 Å². The predicted octanol–water partition coefficient (Wildman–Crippen LogP) is 2.92. The molecule has 23 heavy (non-hydrogen) atoms. The molecule has 0 bridgehead atoms. The van der Waals surface area contributed by atoms with Gasteiger partial charge < -0.3 is 9.15 Å². The Labute approximate surface area is 132 Å². The van der Waals surface area contributed by atoms with Crippen molar-refractivity contribution in [1.29, 1.82) is 0 Å². The van der Waals surface area contributed by atoms with Crippen LogP contribution in [0.4, 0.5) is 8.78 Å². The van der Waals surface area contributed by atoms with Gasteiger partial charge in [0.15, 0.2) is 11.6 Å². The van der Waals surface area contributed by atoms with Gasteiger partial charge in [0.2, 0.25) is 5.09 Å². The van der Waals surface area contributed by atoms with E-state index in [1.165, 1.54) is 16.4 Å². The standard InChI is InChI=1S/C15H15F2NO4S/c16-11-3-5-14(13(17)9-11)21-10-12-4-6-15(22-12)23(19,20)18-7-1-2-8-18/h3-6,9H,1-2,7-8,10H2. The van der Waals surface area contributed by atoms with Crippen molar-refractivity contribution < 1.29 is 26.4 Å². The number of nitrogens with zero attached hydrogens (tertiary/aromatic N) is 1. The molecule has 3 rings (SSSR count).